The molecule has 3 N–H and O–H groups in total. The molecular formula is C24H25N5O2S2. The van der Waals surface area contributed by atoms with E-state index in [4.69, 9.17) is 5.73 Å². The van der Waals surface area contributed by atoms with Gasteiger partial charge in [0.25, 0.3) is 11.8 Å². The summed E-state index contributed by atoms with van der Waals surface area (Å²) >= 11 is 3.05. The number of primary amides is 1. The van der Waals surface area contributed by atoms with Gasteiger partial charge in [0.2, 0.25) is 0 Å². The van der Waals surface area contributed by atoms with Crippen LogP contribution in [0.2, 0.25) is 0 Å². The number of hydrogen-bond donors (Lipinski definition) is 2. The SMILES string of the molecule is CC(C)(C)C1CCc2c(sc(NC(=O)c3cc4nccc(-c5cccs5)n4n3)c2C(N)=O)C1. The second kappa shape index (κ2) is 8.07. The van der Waals surface area contributed by atoms with Crippen LogP contribution < -0.4 is 11.1 Å². The van der Waals surface area contributed by atoms with Gasteiger partial charge in [-0.25, -0.2) is 9.50 Å². The predicted octanol–water partition coefficient (Wildman–Crippen LogP) is 5.02. The third-order valence-electron chi connectivity index (χ3n) is 6.33. The van der Waals surface area contributed by atoms with Gasteiger partial charge in [-0.15, -0.1) is 22.7 Å². The summed E-state index contributed by atoms with van der Waals surface area (Å²) in [5, 5.41) is 9.92. The Hall–Kier alpha value is -3.04. The number of fused-ring (bicyclic) bond motifs is 2. The lowest BCUT2D eigenvalue weighted by molar-refractivity contribution is 0.1000. The summed E-state index contributed by atoms with van der Waals surface area (Å²) < 4.78 is 1.67. The first kappa shape index (κ1) is 21.8. The van der Waals surface area contributed by atoms with E-state index in [0.717, 1.165) is 40.3 Å². The Morgan fingerprint density at radius 2 is 2.09 bits per heavy atom. The minimum Gasteiger partial charge on any atom is -0.365 e. The summed E-state index contributed by atoms with van der Waals surface area (Å²) in [6.45, 7) is 6.74. The molecule has 4 aromatic rings. The molecule has 0 spiro atoms. The van der Waals surface area contributed by atoms with Gasteiger partial charge in [0.15, 0.2) is 11.3 Å². The first-order valence-electron chi connectivity index (χ1n) is 10.9. The van der Waals surface area contributed by atoms with Crippen LogP contribution in [0.4, 0.5) is 5.00 Å². The van der Waals surface area contributed by atoms with E-state index in [-0.39, 0.29) is 17.0 Å². The average molecular weight is 480 g/mol. The van der Waals surface area contributed by atoms with Crippen molar-refractivity contribution in [3.63, 3.8) is 0 Å². The van der Waals surface area contributed by atoms with Crippen molar-refractivity contribution in [3.05, 3.63) is 57.5 Å². The molecule has 0 saturated heterocycles. The third kappa shape index (κ3) is 3.95. The summed E-state index contributed by atoms with van der Waals surface area (Å²) in [5.41, 5.74) is 9.04. The summed E-state index contributed by atoms with van der Waals surface area (Å²) in [4.78, 5) is 32.0. The van der Waals surface area contributed by atoms with E-state index >= 15 is 0 Å². The lowest BCUT2D eigenvalue weighted by atomic mass is 9.72. The molecule has 4 aromatic heterocycles. The largest absolute Gasteiger partial charge is 0.365 e. The average Bonchev–Trinajstić information content (AvgIpc) is 3.49. The predicted molar refractivity (Wildman–Crippen MR) is 132 cm³/mol. The van der Waals surface area contributed by atoms with Gasteiger partial charge in [-0.05, 0) is 53.7 Å². The summed E-state index contributed by atoms with van der Waals surface area (Å²) in [7, 11) is 0. The second-order valence-corrected chi connectivity index (χ2v) is 11.5. The quantitative estimate of drug-likeness (QED) is 0.429. The summed E-state index contributed by atoms with van der Waals surface area (Å²) in [6, 6.07) is 7.50. The van der Waals surface area contributed by atoms with Crippen LogP contribution in [0.1, 0.15) is 58.5 Å². The van der Waals surface area contributed by atoms with Crippen LogP contribution >= 0.6 is 22.7 Å². The van der Waals surface area contributed by atoms with Gasteiger partial charge in [-0.2, -0.15) is 5.10 Å². The van der Waals surface area contributed by atoms with Crippen LogP contribution in [0.5, 0.6) is 0 Å². The molecule has 0 radical (unpaired) electrons. The summed E-state index contributed by atoms with van der Waals surface area (Å²) in [6.07, 6.45) is 4.40. The Labute approximate surface area is 199 Å². The van der Waals surface area contributed by atoms with Gasteiger partial charge in [-0.1, -0.05) is 26.8 Å². The van der Waals surface area contributed by atoms with Crippen molar-refractivity contribution in [2.24, 2.45) is 17.1 Å². The van der Waals surface area contributed by atoms with Crippen LogP contribution in [0.15, 0.2) is 35.8 Å². The Morgan fingerprint density at radius 1 is 1.27 bits per heavy atom. The van der Waals surface area contributed by atoms with Gasteiger partial charge in [0.1, 0.15) is 5.00 Å². The van der Waals surface area contributed by atoms with Gasteiger partial charge in [-0.3, -0.25) is 9.59 Å². The normalized spacial score (nSPS) is 16.0. The van der Waals surface area contributed by atoms with Crippen LogP contribution in [0, 0.1) is 11.3 Å². The molecule has 9 heteroatoms. The first-order valence-corrected chi connectivity index (χ1v) is 12.6. The summed E-state index contributed by atoms with van der Waals surface area (Å²) in [5.74, 6) is -0.368. The number of hydrogen-bond acceptors (Lipinski definition) is 6. The smallest absolute Gasteiger partial charge is 0.276 e. The number of thiophene rings is 2. The molecule has 0 fully saturated rings. The van der Waals surface area contributed by atoms with Crippen molar-refractivity contribution >= 4 is 45.1 Å². The molecule has 33 heavy (non-hydrogen) atoms. The molecule has 170 valence electrons. The highest BCUT2D eigenvalue weighted by Gasteiger charge is 2.33. The fourth-order valence-corrected chi connectivity index (χ4v) is 6.52. The molecule has 0 aromatic carbocycles. The van der Waals surface area contributed by atoms with E-state index in [9.17, 15) is 9.59 Å². The molecular weight excluding hydrogens is 454 g/mol. The molecule has 5 rings (SSSR count). The zero-order valence-electron chi connectivity index (χ0n) is 18.7. The Kier molecular flexibility index (Phi) is 5.33. The van der Waals surface area contributed by atoms with Crippen molar-refractivity contribution in [2.45, 2.75) is 40.0 Å². The molecule has 1 aliphatic carbocycles. The molecule has 0 saturated carbocycles. The van der Waals surface area contributed by atoms with E-state index < -0.39 is 5.91 Å². The maximum Gasteiger partial charge on any atom is 0.276 e. The zero-order valence-corrected chi connectivity index (χ0v) is 20.3. The Morgan fingerprint density at radius 3 is 2.79 bits per heavy atom. The fraction of sp³-hybridized carbons (Fsp3) is 0.333. The number of carbonyl (C=O) groups excluding carboxylic acids is 2. The maximum absolute atomic E-state index is 13.1. The minimum absolute atomic E-state index is 0.182. The number of nitrogens with two attached hydrogens (primary N) is 1. The van der Waals surface area contributed by atoms with Gasteiger partial charge in [0.05, 0.1) is 16.1 Å². The number of aromatic nitrogens is 3. The Balaban J connectivity index is 1.47. The van der Waals surface area contributed by atoms with E-state index in [1.54, 1.807) is 28.1 Å². The number of nitrogens with zero attached hydrogens (tertiary/aromatic N) is 3. The minimum atomic E-state index is -0.506. The third-order valence-corrected chi connectivity index (χ3v) is 8.39. The first-order chi connectivity index (χ1) is 15.7. The van der Waals surface area contributed by atoms with Crippen molar-refractivity contribution in [3.8, 4) is 10.6 Å². The van der Waals surface area contributed by atoms with Crippen molar-refractivity contribution in [2.75, 3.05) is 5.32 Å². The highest BCUT2D eigenvalue weighted by molar-refractivity contribution is 7.17. The number of rotatable bonds is 4. The molecule has 1 aliphatic rings. The highest BCUT2D eigenvalue weighted by atomic mass is 32.1. The standard InChI is InChI=1S/C24H25N5O2S2/c1-24(2,3)13-6-7-14-18(11-13)33-23(20(14)21(25)30)27-22(31)15-12-19-26-9-8-16(29(19)28-15)17-5-4-10-32-17/h4-5,8-10,12-13H,6-7,11H2,1-3H3,(H2,25,30)(H,27,31). The second-order valence-electron chi connectivity index (χ2n) is 9.44. The van der Waals surface area contributed by atoms with E-state index in [1.807, 2.05) is 23.6 Å². The van der Waals surface area contributed by atoms with Gasteiger partial charge >= 0.3 is 0 Å². The highest BCUT2D eigenvalue weighted by Crippen LogP contribution is 2.44. The van der Waals surface area contributed by atoms with Crippen molar-refractivity contribution in [1.82, 2.24) is 14.6 Å². The monoisotopic (exact) mass is 479 g/mol. The molecule has 4 heterocycles. The lowest BCUT2D eigenvalue weighted by Crippen LogP contribution is -2.27. The number of anilines is 1. The molecule has 2 amide bonds. The van der Waals surface area contributed by atoms with E-state index in [1.165, 1.54) is 11.3 Å². The number of carbonyl (C=O) groups is 2. The van der Waals surface area contributed by atoms with Crippen LogP contribution in [0.25, 0.3) is 16.2 Å². The van der Waals surface area contributed by atoms with Crippen molar-refractivity contribution in [1.29, 1.82) is 0 Å². The van der Waals surface area contributed by atoms with Gasteiger partial charge in [0, 0.05) is 17.1 Å². The Bertz CT molecular complexity index is 1360. The number of nitrogens with one attached hydrogen (secondary N) is 1. The number of amides is 2. The zero-order chi connectivity index (χ0) is 23.3. The molecule has 0 bridgehead atoms. The molecule has 1 atom stereocenters. The fourth-order valence-electron chi connectivity index (χ4n) is 4.46. The molecule has 7 nitrogen and oxygen atoms in total. The lowest BCUT2D eigenvalue weighted by Gasteiger charge is -2.33. The van der Waals surface area contributed by atoms with Crippen LogP contribution in [-0.4, -0.2) is 26.4 Å². The van der Waals surface area contributed by atoms with Crippen molar-refractivity contribution < 1.29 is 9.59 Å². The molecule has 0 aliphatic heterocycles. The van der Waals surface area contributed by atoms with Crippen LogP contribution in [0.3, 0.4) is 0 Å². The topological polar surface area (TPSA) is 102 Å². The van der Waals surface area contributed by atoms with Gasteiger partial charge < -0.3 is 11.1 Å². The van der Waals surface area contributed by atoms with E-state index in [2.05, 4.69) is 36.2 Å². The van der Waals surface area contributed by atoms with E-state index in [0.29, 0.717) is 22.1 Å². The molecule has 1 unspecified atom stereocenters. The maximum atomic E-state index is 13.1. The van der Waals surface area contributed by atoms with Crippen LogP contribution in [-0.2, 0) is 12.8 Å².